The number of ether oxygens (including phenoxy) is 2. The molecule has 7 atom stereocenters. The molecule has 0 aromatic heterocycles. The second kappa shape index (κ2) is 8.63. The summed E-state index contributed by atoms with van der Waals surface area (Å²) in [6, 6.07) is 0. The van der Waals surface area contributed by atoms with Crippen LogP contribution in [0.2, 0.25) is 0 Å². The predicted octanol–water partition coefficient (Wildman–Crippen LogP) is 1.66. The quantitative estimate of drug-likeness (QED) is 0.488. The van der Waals surface area contributed by atoms with Gasteiger partial charge in [-0.05, 0) is 69.6 Å². The molecule has 1 fully saturated rings. The van der Waals surface area contributed by atoms with E-state index in [0.717, 1.165) is 40.8 Å². The lowest BCUT2D eigenvalue weighted by Crippen LogP contribution is -2.60. The van der Waals surface area contributed by atoms with E-state index < -0.39 is 42.7 Å². The van der Waals surface area contributed by atoms with E-state index in [-0.39, 0.29) is 5.92 Å². The molecule has 3 rings (SSSR count). The number of phenols is 1. The molecule has 0 spiro atoms. The molecule has 7 heteroatoms. The third-order valence-corrected chi connectivity index (χ3v) is 7.20. The normalized spacial score (nSPS) is 34.9. The molecule has 2 aliphatic rings. The topological polar surface area (TPSA) is 120 Å². The van der Waals surface area contributed by atoms with Crippen LogP contribution < -0.4 is 4.74 Å². The van der Waals surface area contributed by atoms with Gasteiger partial charge in [0.1, 0.15) is 41.5 Å². The average Bonchev–Trinajstić information content (AvgIpc) is 2.73. The van der Waals surface area contributed by atoms with Crippen LogP contribution in [-0.2, 0) is 11.2 Å². The maximum Gasteiger partial charge on any atom is 0.127 e. The minimum atomic E-state index is -1.37. The first-order valence-electron chi connectivity index (χ1n) is 10.9. The summed E-state index contributed by atoms with van der Waals surface area (Å²) in [5.41, 5.74) is 3.13. The van der Waals surface area contributed by atoms with Gasteiger partial charge in [-0.25, -0.2) is 0 Å². The van der Waals surface area contributed by atoms with Crippen molar-refractivity contribution in [2.75, 3.05) is 6.61 Å². The Morgan fingerprint density at radius 2 is 1.70 bits per heavy atom. The Kier molecular flexibility index (Phi) is 6.70. The zero-order chi connectivity index (χ0) is 22.4. The third kappa shape index (κ3) is 3.94. The minimum absolute atomic E-state index is 0.137. The van der Waals surface area contributed by atoms with Crippen LogP contribution in [0.5, 0.6) is 11.5 Å². The zero-order valence-corrected chi connectivity index (χ0v) is 18.6. The fourth-order valence-corrected chi connectivity index (χ4v) is 5.01. The molecule has 2 heterocycles. The first kappa shape index (κ1) is 23.3. The molecule has 5 N–H and O–H groups in total. The van der Waals surface area contributed by atoms with Crippen LogP contribution in [0.3, 0.4) is 0 Å². The average molecular weight is 425 g/mol. The van der Waals surface area contributed by atoms with Crippen molar-refractivity contribution in [2.24, 2.45) is 5.92 Å². The van der Waals surface area contributed by atoms with Crippen molar-refractivity contribution in [2.45, 2.75) is 96.4 Å². The van der Waals surface area contributed by atoms with E-state index in [1.54, 1.807) is 0 Å². The molecule has 2 aliphatic heterocycles. The lowest BCUT2D eigenvalue weighted by Gasteiger charge is -2.46. The van der Waals surface area contributed by atoms with Gasteiger partial charge in [0.15, 0.2) is 0 Å². The molecule has 0 aliphatic carbocycles. The molecular weight excluding hydrogens is 388 g/mol. The molecule has 0 radical (unpaired) electrons. The Morgan fingerprint density at radius 3 is 2.30 bits per heavy atom. The van der Waals surface area contributed by atoms with Crippen LogP contribution >= 0.6 is 0 Å². The van der Waals surface area contributed by atoms with Crippen molar-refractivity contribution < 1.29 is 35.0 Å². The van der Waals surface area contributed by atoms with Gasteiger partial charge in [-0.2, -0.15) is 0 Å². The summed E-state index contributed by atoms with van der Waals surface area (Å²) < 4.78 is 12.3. The second-order valence-electron chi connectivity index (χ2n) is 9.25. The SMILES string of the molecule is CCC(CC1(C)CCc2c(C)c(O)c(C)c(C)c2O1)[C@@H]1O[C@H](CO)[C@@H](O)[C@H](O)[C@H]1O. The van der Waals surface area contributed by atoms with Crippen molar-refractivity contribution in [3.8, 4) is 11.5 Å². The van der Waals surface area contributed by atoms with E-state index in [4.69, 9.17) is 9.47 Å². The van der Waals surface area contributed by atoms with E-state index in [9.17, 15) is 25.5 Å². The summed E-state index contributed by atoms with van der Waals surface area (Å²) in [6.07, 6.45) is -2.79. The number of aromatic hydroxyl groups is 1. The van der Waals surface area contributed by atoms with Crippen molar-refractivity contribution >= 4 is 0 Å². The van der Waals surface area contributed by atoms with E-state index in [2.05, 4.69) is 0 Å². The largest absolute Gasteiger partial charge is 0.507 e. The van der Waals surface area contributed by atoms with Crippen LogP contribution in [0.4, 0.5) is 0 Å². The van der Waals surface area contributed by atoms with Gasteiger partial charge in [0.2, 0.25) is 0 Å². The van der Waals surface area contributed by atoms with Gasteiger partial charge in [-0.1, -0.05) is 13.3 Å². The zero-order valence-electron chi connectivity index (χ0n) is 18.6. The van der Waals surface area contributed by atoms with Gasteiger partial charge >= 0.3 is 0 Å². The van der Waals surface area contributed by atoms with Crippen molar-refractivity contribution in [1.82, 2.24) is 0 Å². The molecule has 30 heavy (non-hydrogen) atoms. The van der Waals surface area contributed by atoms with Crippen LogP contribution in [0.25, 0.3) is 0 Å². The van der Waals surface area contributed by atoms with Gasteiger partial charge in [0.25, 0.3) is 0 Å². The number of aliphatic hydroxyl groups excluding tert-OH is 4. The highest BCUT2D eigenvalue weighted by molar-refractivity contribution is 5.58. The van der Waals surface area contributed by atoms with E-state index in [0.29, 0.717) is 18.6 Å². The lowest BCUT2D eigenvalue weighted by atomic mass is 9.77. The highest BCUT2D eigenvalue weighted by atomic mass is 16.5. The van der Waals surface area contributed by atoms with Crippen LogP contribution in [0, 0.1) is 26.7 Å². The van der Waals surface area contributed by atoms with Crippen LogP contribution in [0.15, 0.2) is 0 Å². The Labute approximate surface area is 178 Å². The summed E-state index contributed by atoms with van der Waals surface area (Å²) in [7, 11) is 0. The molecule has 0 saturated carbocycles. The van der Waals surface area contributed by atoms with Gasteiger partial charge in [0.05, 0.1) is 12.7 Å². The van der Waals surface area contributed by atoms with Gasteiger partial charge in [-0.15, -0.1) is 0 Å². The molecule has 7 nitrogen and oxygen atoms in total. The molecule has 170 valence electrons. The number of hydrogen-bond donors (Lipinski definition) is 5. The van der Waals surface area contributed by atoms with Crippen molar-refractivity contribution in [3.05, 3.63) is 22.3 Å². The second-order valence-corrected chi connectivity index (χ2v) is 9.25. The Bertz CT molecular complexity index is 778. The first-order valence-corrected chi connectivity index (χ1v) is 10.9. The Hall–Kier alpha value is -1.38. The fourth-order valence-electron chi connectivity index (χ4n) is 5.01. The van der Waals surface area contributed by atoms with Crippen molar-refractivity contribution in [3.63, 3.8) is 0 Å². The smallest absolute Gasteiger partial charge is 0.127 e. The van der Waals surface area contributed by atoms with E-state index >= 15 is 0 Å². The van der Waals surface area contributed by atoms with Crippen molar-refractivity contribution in [1.29, 1.82) is 0 Å². The maximum absolute atomic E-state index is 10.6. The van der Waals surface area contributed by atoms with E-state index in [1.807, 2.05) is 34.6 Å². The number of rotatable bonds is 5. The molecule has 1 aromatic carbocycles. The fraction of sp³-hybridized carbons (Fsp3) is 0.739. The lowest BCUT2D eigenvalue weighted by molar-refractivity contribution is -0.244. The van der Waals surface area contributed by atoms with Crippen LogP contribution in [0.1, 0.15) is 55.4 Å². The molecular formula is C23H36O7. The number of aliphatic hydroxyl groups is 4. The molecule has 1 aromatic rings. The summed E-state index contributed by atoms with van der Waals surface area (Å²) in [6.45, 7) is 9.35. The summed E-state index contributed by atoms with van der Waals surface area (Å²) in [5, 5.41) is 50.7. The number of benzene rings is 1. The molecule has 1 saturated heterocycles. The standard InChI is InChI=1S/C23H36O7/c1-6-14(22-20(28)19(27)18(26)16(10-24)29-22)9-23(5)8-7-15-13(4)17(25)11(2)12(3)21(15)30-23/h14,16,18-20,22,24-28H,6-10H2,1-5H3/t14?,16-,18-,19+,20-,22+,23?/m1/s1. The van der Waals surface area contributed by atoms with Gasteiger partial charge in [0, 0.05) is 5.56 Å². The summed E-state index contributed by atoms with van der Waals surface area (Å²) >= 11 is 0. The highest BCUT2D eigenvalue weighted by Crippen LogP contribution is 2.45. The van der Waals surface area contributed by atoms with E-state index in [1.165, 1.54) is 0 Å². The maximum atomic E-state index is 10.6. The molecule has 0 amide bonds. The summed E-state index contributed by atoms with van der Waals surface area (Å²) in [5.74, 6) is 1.01. The number of phenolic OH excluding ortho intramolecular Hbond substituents is 1. The van der Waals surface area contributed by atoms with Gasteiger partial charge in [-0.3, -0.25) is 0 Å². The highest BCUT2D eigenvalue weighted by Gasteiger charge is 2.48. The Balaban J connectivity index is 1.85. The molecule has 0 bridgehead atoms. The Morgan fingerprint density at radius 1 is 1.03 bits per heavy atom. The molecule has 2 unspecified atom stereocenters. The first-order chi connectivity index (χ1) is 14.0. The third-order valence-electron chi connectivity index (χ3n) is 7.20. The number of fused-ring (bicyclic) bond motifs is 1. The van der Waals surface area contributed by atoms with Gasteiger partial charge < -0.3 is 35.0 Å². The summed E-state index contributed by atoms with van der Waals surface area (Å²) in [4.78, 5) is 0. The number of hydrogen-bond acceptors (Lipinski definition) is 7. The minimum Gasteiger partial charge on any atom is -0.507 e. The predicted molar refractivity (Wildman–Crippen MR) is 112 cm³/mol. The monoisotopic (exact) mass is 424 g/mol. The van der Waals surface area contributed by atoms with Crippen LogP contribution in [-0.4, -0.2) is 68.3 Å².